The number of aromatic nitrogens is 4. The molecule has 0 unspecified atom stereocenters. The molecule has 0 saturated carbocycles. The summed E-state index contributed by atoms with van der Waals surface area (Å²) < 4.78 is 7.10. The van der Waals surface area contributed by atoms with Gasteiger partial charge in [-0.25, -0.2) is 15.0 Å². The third kappa shape index (κ3) is 3.56. The van der Waals surface area contributed by atoms with Crippen LogP contribution in [0.25, 0.3) is 28.2 Å². The van der Waals surface area contributed by atoms with Gasteiger partial charge < -0.3 is 15.4 Å². The SMILES string of the molecule is CC(=O)OCc1ccc(-n2c(-c3cccnc3N)nc3ccc(N4CCC4)nc32)cc1. The number of nitrogen functional groups attached to an aromatic ring is 1. The van der Waals surface area contributed by atoms with Gasteiger partial charge in [-0.05, 0) is 48.4 Å². The highest BCUT2D eigenvalue weighted by molar-refractivity contribution is 5.84. The van der Waals surface area contributed by atoms with E-state index in [9.17, 15) is 4.79 Å². The minimum atomic E-state index is -0.304. The molecule has 1 fully saturated rings. The molecule has 0 aliphatic carbocycles. The van der Waals surface area contributed by atoms with Crippen LogP contribution < -0.4 is 10.6 Å². The first-order valence-corrected chi connectivity index (χ1v) is 10.2. The van der Waals surface area contributed by atoms with Crippen molar-refractivity contribution >= 4 is 28.8 Å². The Bertz CT molecular complexity index is 1260. The number of anilines is 2. The van der Waals surface area contributed by atoms with Crippen LogP contribution in [-0.4, -0.2) is 38.6 Å². The molecule has 0 spiro atoms. The molecule has 0 amide bonds. The molecule has 0 bridgehead atoms. The van der Waals surface area contributed by atoms with E-state index < -0.39 is 0 Å². The number of rotatable bonds is 5. The minimum Gasteiger partial charge on any atom is -0.461 e. The van der Waals surface area contributed by atoms with Crippen molar-refractivity contribution in [2.24, 2.45) is 0 Å². The summed E-state index contributed by atoms with van der Waals surface area (Å²) >= 11 is 0. The molecule has 8 heteroatoms. The lowest BCUT2D eigenvalue weighted by Gasteiger charge is -2.31. The van der Waals surface area contributed by atoms with Crippen LogP contribution in [0.3, 0.4) is 0 Å². The van der Waals surface area contributed by atoms with Gasteiger partial charge in [-0.1, -0.05) is 12.1 Å². The standard InChI is InChI=1S/C23H22N6O2/c1-15(30)31-14-16-5-7-17(8-6-16)29-22(18-4-2-11-25-21(18)24)26-19-9-10-20(27-23(19)29)28-12-3-13-28/h2,4-11H,3,12-14H2,1H3,(H2,24,25). The van der Waals surface area contributed by atoms with Gasteiger partial charge in [0.15, 0.2) is 11.5 Å². The Morgan fingerprint density at radius 3 is 2.58 bits per heavy atom. The summed E-state index contributed by atoms with van der Waals surface area (Å²) in [5.74, 6) is 1.73. The summed E-state index contributed by atoms with van der Waals surface area (Å²) in [4.78, 5) is 27.3. The molecule has 2 N–H and O–H groups in total. The molecule has 156 valence electrons. The molecule has 4 aromatic rings. The Hall–Kier alpha value is -3.94. The van der Waals surface area contributed by atoms with Crippen molar-refractivity contribution in [3.8, 4) is 17.1 Å². The smallest absolute Gasteiger partial charge is 0.302 e. The molecular formula is C23H22N6O2. The van der Waals surface area contributed by atoms with Gasteiger partial charge >= 0.3 is 5.97 Å². The number of fused-ring (bicyclic) bond motifs is 1. The Kier molecular flexibility index (Phi) is 4.74. The van der Waals surface area contributed by atoms with Gasteiger partial charge in [0.05, 0.1) is 5.56 Å². The monoisotopic (exact) mass is 414 g/mol. The highest BCUT2D eigenvalue weighted by Crippen LogP contribution is 2.32. The summed E-state index contributed by atoms with van der Waals surface area (Å²) in [6, 6.07) is 15.6. The topological polar surface area (TPSA) is 99.2 Å². The van der Waals surface area contributed by atoms with Gasteiger partial charge in [-0.2, -0.15) is 0 Å². The maximum absolute atomic E-state index is 11.1. The van der Waals surface area contributed by atoms with Crippen molar-refractivity contribution in [1.29, 1.82) is 0 Å². The van der Waals surface area contributed by atoms with E-state index in [2.05, 4.69) is 9.88 Å². The van der Waals surface area contributed by atoms with Crippen molar-refractivity contribution in [2.45, 2.75) is 20.0 Å². The first-order chi connectivity index (χ1) is 15.1. The molecule has 1 saturated heterocycles. The van der Waals surface area contributed by atoms with Crippen LogP contribution in [0, 0.1) is 0 Å². The van der Waals surface area contributed by atoms with Crippen LogP contribution in [0.1, 0.15) is 18.9 Å². The van der Waals surface area contributed by atoms with Crippen LogP contribution in [0.2, 0.25) is 0 Å². The zero-order chi connectivity index (χ0) is 21.4. The number of nitrogens with two attached hydrogens (primary N) is 1. The molecule has 5 rings (SSSR count). The molecule has 3 aromatic heterocycles. The Balaban J connectivity index is 1.65. The van der Waals surface area contributed by atoms with Gasteiger partial charge in [0.1, 0.15) is 23.8 Å². The van der Waals surface area contributed by atoms with Gasteiger partial charge in [0, 0.05) is 31.9 Å². The van der Waals surface area contributed by atoms with Crippen LogP contribution in [0.5, 0.6) is 0 Å². The average Bonchev–Trinajstić information content (AvgIpc) is 3.10. The van der Waals surface area contributed by atoms with Crippen molar-refractivity contribution in [2.75, 3.05) is 23.7 Å². The molecule has 4 heterocycles. The van der Waals surface area contributed by atoms with Gasteiger partial charge in [-0.15, -0.1) is 0 Å². The van der Waals surface area contributed by atoms with E-state index in [-0.39, 0.29) is 12.6 Å². The zero-order valence-electron chi connectivity index (χ0n) is 17.2. The predicted molar refractivity (Wildman–Crippen MR) is 119 cm³/mol. The molecule has 1 aliphatic rings. The Morgan fingerprint density at radius 1 is 1.10 bits per heavy atom. The predicted octanol–water partition coefficient (Wildman–Crippen LogP) is 3.34. The second-order valence-electron chi connectivity index (χ2n) is 7.51. The third-order valence-corrected chi connectivity index (χ3v) is 5.39. The summed E-state index contributed by atoms with van der Waals surface area (Å²) in [6.45, 7) is 3.66. The number of carbonyl (C=O) groups excluding carboxylic acids is 1. The molecular weight excluding hydrogens is 392 g/mol. The van der Waals surface area contributed by atoms with Gasteiger partial charge in [0.25, 0.3) is 0 Å². The summed E-state index contributed by atoms with van der Waals surface area (Å²) in [5.41, 5.74) is 10.3. The number of imidazole rings is 1. The number of hydrogen-bond acceptors (Lipinski definition) is 7. The fraction of sp³-hybridized carbons (Fsp3) is 0.217. The van der Waals surface area contributed by atoms with E-state index in [0.717, 1.165) is 46.9 Å². The van der Waals surface area contributed by atoms with E-state index in [0.29, 0.717) is 11.6 Å². The first kappa shape index (κ1) is 19.0. The Labute approximate surface area is 179 Å². The van der Waals surface area contributed by atoms with Crippen molar-refractivity contribution in [1.82, 2.24) is 19.5 Å². The second-order valence-corrected chi connectivity index (χ2v) is 7.51. The first-order valence-electron chi connectivity index (χ1n) is 10.2. The highest BCUT2D eigenvalue weighted by Gasteiger charge is 2.21. The molecule has 1 aliphatic heterocycles. The van der Waals surface area contributed by atoms with Crippen molar-refractivity contribution in [3.63, 3.8) is 0 Å². The number of nitrogens with zero attached hydrogens (tertiary/aromatic N) is 5. The molecule has 1 aromatic carbocycles. The van der Waals surface area contributed by atoms with Crippen molar-refractivity contribution < 1.29 is 9.53 Å². The third-order valence-electron chi connectivity index (χ3n) is 5.39. The van der Waals surface area contributed by atoms with E-state index in [1.54, 1.807) is 6.20 Å². The largest absolute Gasteiger partial charge is 0.461 e. The van der Waals surface area contributed by atoms with Crippen LogP contribution >= 0.6 is 0 Å². The number of pyridine rings is 2. The van der Waals surface area contributed by atoms with E-state index in [4.69, 9.17) is 20.4 Å². The average molecular weight is 414 g/mol. The van der Waals surface area contributed by atoms with E-state index in [1.807, 2.05) is 53.1 Å². The van der Waals surface area contributed by atoms with Gasteiger partial charge in [0.2, 0.25) is 0 Å². The molecule has 31 heavy (non-hydrogen) atoms. The number of esters is 1. The minimum absolute atomic E-state index is 0.236. The Morgan fingerprint density at radius 2 is 1.90 bits per heavy atom. The molecule has 0 atom stereocenters. The molecule has 8 nitrogen and oxygen atoms in total. The summed E-state index contributed by atoms with van der Waals surface area (Å²) in [6.07, 6.45) is 2.84. The van der Waals surface area contributed by atoms with Crippen LogP contribution in [0.15, 0.2) is 54.7 Å². The van der Waals surface area contributed by atoms with Crippen LogP contribution in [-0.2, 0) is 16.1 Å². The maximum atomic E-state index is 11.1. The second kappa shape index (κ2) is 7.71. The van der Waals surface area contributed by atoms with E-state index >= 15 is 0 Å². The maximum Gasteiger partial charge on any atom is 0.302 e. The summed E-state index contributed by atoms with van der Waals surface area (Å²) in [7, 11) is 0. The summed E-state index contributed by atoms with van der Waals surface area (Å²) in [5, 5.41) is 0. The van der Waals surface area contributed by atoms with E-state index in [1.165, 1.54) is 13.3 Å². The fourth-order valence-corrected chi connectivity index (χ4v) is 3.63. The normalized spacial score (nSPS) is 13.3. The fourth-order valence-electron chi connectivity index (χ4n) is 3.63. The number of carbonyl (C=O) groups is 1. The zero-order valence-corrected chi connectivity index (χ0v) is 17.2. The van der Waals surface area contributed by atoms with Crippen LogP contribution in [0.4, 0.5) is 11.6 Å². The number of hydrogen-bond donors (Lipinski definition) is 1. The highest BCUT2D eigenvalue weighted by atomic mass is 16.5. The lowest BCUT2D eigenvalue weighted by molar-refractivity contribution is -0.142. The quantitative estimate of drug-likeness (QED) is 0.500. The molecule has 0 radical (unpaired) electrons. The lowest BCUT2D eigenvalue weighted by atomic mass is 10.2. The van der Waals surface area contributed by atoms with Gasteiger partial charge in [-0.3, -0.25) is 9.36 Å². The lowest BCUT2D eigenvalue weighted by Crippen LogP contribution is -2.37. The number of benzene rings is 1. The number of ether oxygens (including phenoxy) is 1. The van der Waals surface area contributed by atoms with Crippen molar-refractivity contribution in [3.05, 3.63) is 60.3 Å².